The Kier molecular flexibility index (Phi) is 4.39. The fourth-order valence-corrected chi connectivity index (χ4v) is 2.86. The van der Waals surface area contributed by atoms with Crippen molar-refractivity contribution in [3.63, 3.8) is 0 Å². The minimum Gasteiger partial charge on any atom is -0.390 e. The molecule has 0 amide bonds. The minimum absolute atomic E-state index is 0.285. The van der Waals surface area contributed by atoms with Crippen LogP contribution in [0.1, 0.15) is 36.8 Å². The number of rotatable bonds is 3. The molecule has 0 bridgehead atoms. The third kappa shape index (κ3) is 3.73. The van der Waals surface area contributed by atoms with E-state index in [1.807, 2.05) is 7.05 Å². The van der Waals surface area contributed by atoms with Crippen molar-refractivity contribution in [1.29, 1.82) is 0 Å². The van der Waals surface area contributed by atoms with E-state index in [9.17, 15) is 18.3 Å². The van der Waals surface area contributed by atoms with Gasteiger partial charge in [-0.15, -0.1) is 0 Å². The van der Waals surface area contributed by atoms with Gasteiger partial charge in [-0.1, -0.05) is 18.2 Å². The average Bonchev–Trinajstić information content (AvgIpc) is 2.38. The maximum Gasteiger partial charge on any atom is 0.416 e. The van der Waals surface area contributed by atoms with Gasteiger partial charge in [-0.2, -0.15) is 13.2 Å². The molecule has 2 N–H and O–H groups in total. The molecule has 20 heavy (non-hydrogen) atoms. The Bertz CT molecular complexity index is 451. The Morgan fingerprint density at radius 3 is 2.50 bits per heavy atom. The van der Waals surface area contributed by atoms with E-state index in [-0.39, 0.29) is 6.42 Å². The fraction of sp³-hybridized carbons (Fsp3) is 0.600. The van der Waals surface area contributed by atoms with E-state index in [2.05, 4.69) is 5.32 Å². The number of benzene rings is 1. The number of hydrogen-bond acceptors (Lipinski definition) is 2. The van der Waals surface area contributed by atoms with Crippen molar-refractivity contribution in [2.45, 2.75) is 49.9 Å². The first kappa shape index (κ1) is 15.3. The van der Waals surface area contributed by atoms with Gasteiger partial charge in [-0.05, 0) is 44.4 Å². The standard InChI is InChI=1S/C15H20F3NO/c1-19-13-5-7-14(20,8-6-13)10-11-3-2-4-12(9-11)15(16,17)18/h2-4,9,13,19-20H,5-8,10H2,1H3. The molecule has 2 rings (SSSR count). The Hall–Kier alpha value is -1.07. The van der Waals surface area contributed by atoms with Crippen LogP contribution in [-0.4, -0.2) is 23.8 Å². The summed E-state index contributed by atoms with van der Waals surface area (Å²) in [6.45, 7) is 0. The molecule has 5 heteroatoms. The number of nitrogens with one attached hydrogen (secondary N) is 1. The van der Waals surface area contributed by atoms with Crippen molar-refractivity contribution < 1.29 is 18.3 Å². The van der Waals surface area contributed by atoms with E-state index in [4.69, 9.17) is 0 Å². The minimum atomic E-state index is -4.33. The third-order valence-corrected chi connectivity index (χ3v) is 4.11. The summed E-state index contributed by atoms with van der Waals surface area (Å²) in [7, 11) is 1.89. The molecule has 0 heterocycles. The SMILES string of the molecule is CNC1CCC(O)(Cc2cccc(C(F)(F)F)c2)CC1. The number of halogens is 3. The highest BCUT2D eigenvalue weighted by atomic mass is 19.4. The Morgan fingerprint density at radius 2 is 1.95 bits per heavy atom. The summed E-state index contributed by atoms with van der Waals surface area (Å²) < 4.78 is 38.0. The summed E-state index contributed by atoms with van der Waals surface area (Å²) in [5, 5.41) is 13.7. The van der Waals surface area contributed by atoms with Crippen LogP contribution in [0.25, 0.3) is 0 Å². The second-order valence-corrected chi connectivity index (χ2v) is 5.66. The molecule has 1 fully saturated rings. The maximum absolute atomic E-state index is 12.7. The quantitative estimate of drug-likeness (QED) is 0.895. The highest BCUT2D eigenvalue weighted by molar-refractivity contribution is 5.27. The van der Waals surface area contributed by atoms with Crippen molar-refractivity contribution >= 4 is 0 Å². The zero-order valence-electron chi connectivity index (χ0n) is 11.5. The summed E-state index contributed by atoms with van der Waals surface area (Å²) >= 11 is 0. The first-order chi connectivity index (χ1) is 9.32. The van der Waals surface area contributed by atoms with Gasteiger partial charge in [-0.25, -0.2) is 0 Å². The number of hydrogen-bond donors (Lipinski definition) is 2. The molecule has 0 radical (unpaired) electrons. The highest BCUT2D eigenvalue weighted by Crippen LogP contribution is 2.34. The van der Waals surface area contributed by atoms with Gasteiger partial charge in [0.1, 0.15) is 0 Å². The molecule has 0 spiro atoms. The second kappa shape index (κ2) is 5.74. The topological polar surface area (TPSA) is 32.3 Å². The van der Waals surface area contributed by atoms with Crippen molar-refractivity contribution in [2.75, 3.05) is 7.05 Å². The molecule has 0 unspecified atom stereocenters. The fourth-order valence-electron chi connectivity index (χ4n) is 2.86. The van der Waals surface area contributed by atoms with Crippen LogP contribution in [0.2, 0.25) is 0 Å². The lowest BCUT2D eigenvalue weighted by molar-refractivity contribution is -0.137. The van der Waals surface area contributed by atoms with Crippen molar-refractivity contribution in [2.24, 2.45) is 0 Å². The van der Waals surface area contributed by atoms with Gasteiger partial charge >= 0.3 is 6.18 Å². The van der Waals surface area contributed by atoms with Gasteiger partial charge in [0.2, 0.25) is 0 Å². The number of aliphatic hydroxyl groups is 1. The lowest BCUT2D eigenvalue weighted by Gasteiger charge is -2.36. The molecule has 0 saturated heterocycles. The molecule has 1 aliphatic rings. The Balaban J connectivity index is 2.07. The van der Waals surface area contributed by atoms with Gasteiger partial charge in [0, 0.05) is 12.5 Å². The molecule has 0 atom stereocenters. The van der Waals surface area contributed by atoms with Crippen molar-refractivity contribution in [1.82, 2.24) is 5.32 Å². The Labute approximate surface area is 117 Å². The van der Waals surface area contributed by atoms with Gasteiger partial charge in [0.15, 0.2) is 0 Å². The highest BCUT2D eigenvalue weighted by Gasteiger charge is 2.34. The summed E-state index contributed by atoms with van der Waals surface area (Å²) in [6.07, 6.45) is -1.10. The van der Waals surface area contributed by atoms with Crippen LogP contribution in [-0.2, 0) is 12.6 Å². The second-order valence-electron chi connectivity index (χ2n) is 5.66. The van der Waals surface area contributed by atoms with E-state index in [1.54, 1.807) is 6.07 Å². The first-order valence-corrected chi connectivity index (χ1v) is 6.88. The molecule has 0 aromatic heterocycles. The van der Waals surface area contributed by atoms with E-state index in [1.165, 1.54) is 6.07 Å². The van der Waals surface area contributed by atoms with Gasteiger partial charge in [0.25, 0.3) is 0 Å². The van der Waals surface area contributed by atoms with Crippen LogP contribution >= 0.6 is 0 Å². The summed E-state index contributed by atoms with van der Waals surface area (Å²) in [5.41, 5.74) is -0.981. The van der Waals surface area contributed by atoms with Crippen LogP contribution in [0, 0.1) is 0 Å². The smallest absolute Gasteiger partial charge is 0.390 e. The lowest BCUT2D eigenvalue weighted by Crippen LogP contribution is -2.41. The van der Waals surface area contributed by atoms with E-state index in [0.717, 1.165) is 25.0 Å². The van der Waals surface area contributed by atoms with Crippen LogP contribution in [0.5, 0.6) is 0 Å². The van der Waals surface area contributed by atoms with Crippen molar-refractivity contribution in [3.8, 4) is 0 Å². The zero-order chi connectivity index (χ0) is 14.8. The van der Waals surface area contributed by atoms with Crippen LogP contribution in [0.15, 0.2) is 24.3 Å². The van der Waals surface area contributed by atoms with E-state index >= 15 is 0 Å². The summed E-state index contributed by atoms with van der Waals surface area (Å²) in [4.78, 5) is 0. The maximum atomic E-state index is 12.7. The van der Waals surface area contributed by atoms with Crippen LogP contribution in [0.3, 0.4) is 0 Å². The molecular weight excluding hydrogens is 267 g/mol. The largest absolute Gasteiger partial charge is 0.416 e. The summed E-state index contributed by atoms with van der Waals surface area (Å²) in [6, 6.07) is 5.66. The normalized spacial score (nSPS) is 27.6. The third-order valence-electron chi connectivity index (χ3n) is 4.11. The first-order valence-electron chi connectivity index (χ1n) is 6.88. The Morgan fingerprint density at radius 1 is 1.30 bits per heavy atom. The van der Waals surface area contributed by atoms with Gasteiger partial charge in [0.05, 0.1) is 11.2 Å². The molecule has 0 aliphatic heterocycles. The molecule has 1 aromatic rings. The average molecular weight is 287 g/mol. The monoisotopic (exact) mass is 287 g/mol. The molecule has 1 saturated carbocycles. The molecular formula is C15H20F3NO. The summed E-state index contributed by atoms with van der Waals surface area (Å²) in [5.74, 6) is 0. The van der Waals surface area contributed by atoms with Gasteiger partial charge < -0.3 is 10.4 Å². The van der Waals surface area contributed by atoms with Crippen molar-refractivity contribution in [3.05, 3.63) is 35.4 Å². The predicted molar refractivity (Wildman–Crippen MR) is 71.4 cm³/mol. The lowest BCUT2D eigenvalue weighted by atomic mass is 9.78. The molecule has 2 nitrogen and oxygen atoms in total. The molecule has 112 valence electrons. The van der Waals surface area contributed by atoms with Gasteiger partial charge in [-0.3, -0.25) is 0 Å². The predicted octanol–water partition coefficient (Wildman–Crippen LogP) is 3.14. The van der Waals surface area contributed by atoms with E-state index < -0.39 is 17.3 Å². The zero-order valence-corrected chi connectivity index (χ0v) is 11.5. The molecule has 1 aliphatic carbocycles. The molecule has 1 aromatic carbocycles. The number of alkyl halides is 3. The van der Waals surface area contributed by atoms with E-state index in [0.29, 0.717) is 24.4 Å². The van der Waals surface area contributed by atoms with Crippen LogP contribution in [0.4, 0.5) is 13.2 Å². The van der Waals surface area contributed by atoms with Crippen LogP contribution < -0.4 is 5.32 Å².